The van der Waals surface area contributed by atoms with Gasteiger partial charge in [0, 0.05) is 6.20 Å². The van der Waals surface area contributed by atoms with Gasteiger partial charge in [0.15, 0.2) is 6.04 Å². The summed E-state index contributed by atoms with van der Waals surface area (Å²) in [6.45, 7) is 1.70. The molecular formula is C9H11N5O3. The van der Waals surface area contributed by atoms with Crippen molar-refractivity contribution in [2.75, 3.05) is 0 Å². The van der Waals surface area contributed by atoms with E-state index < -0.39 is 23.8 Å². The van der Waals surface area contributed by atoms with E-state index in [4.69, 9.17) is 11.5 Å². The Kier molecular flexibility index (Phi) is 3.70. The van der Waals surface area contributed by atoms with Gasteiger partial charge in [-0.15, -0.1) is 0 Å². The second kappa shape index (κ2) is 5.01. The summed E-state index contributed by atoms with van der Waals surface area (Å²) in [5.74, 6) is -2.82. The van der Waals surface area contributed by atoms with E-state index in [1.54, 1.807) is 6.92 Å². The summed E-state index contributed by atoms with van der Waals surface area (Å²) >= 11 is 0. The molecule has 0 aliphatic carbocycles. The minimum Gasteiger partial charge on any atom is -0.367 e. The lowest BCUT2D eigenvalue weighted by atomic mass is 10.2. The Hall–Kier alpha value is -2.51. The number of nitrogens with one attached hydrogen (secondary N) is 1. The van der Waals surface area contributed by atoms with Crippen molar-refractivity contribution in [1.82, 2.24) is 15.3 Å². The molecule has 8 heteroatoms. The topological polar surface area (TPSA) is 141 Å². The first-order chi connectivity index (χ1) is 7.91. The van der Waals surface area contributed by atoms with E-state index in [1.165, 1.54) is 12.4 Å². The maximum absolute atomic E-state index is 11.5. The van der Waals surface area contributed by atoms with Crippen LogP contribution in [-0.4, -0.2) is 33.7 Å². The normalized spacial score (nSPS) is 10.0. The van der Waals surface area contributed by atoms with Crippen molar-refractivity contribution in [3.05, 3.63) is 23.8 Å². The molecule has 8 nitrogen and oxygen atoms in total. The second-order valence-corrected chi connectivity index (χ2v) is 3.25. The number of amides is 3. The summed E-state index contributed by atoms with van der Waals surface area (Å²) in [4.78, 5) is 40.8. The van der Waals surface area contributed by atoms with Crippen LogP contribution in [0.25, 0.3) is 0 Å². The Bertz CT molecular complexity index is 442. The third-order valence-corrected chi connectivity index (χ3v) is 1.86. The number of nitrogens with zero attached hydrogens (tertiary/aromatic N) is 2. The number of hydrogen-bond donors (Lipinski definition) is 3. The molecule has 1 heterocycles. The zero-order valence-corrected chi connectivity index (χ0v) is 9.01. The summed E-state index contributed by atoms with van der Waals surface area (Å²) in [6.07, 6.45) is 2.59. The van der Waals surface area contributed by atoms with Gasteiger partial charge in [-0.1, -0.05) is 0 Å². The number of hydrogen-bond acceptors (Lipinski definition) is 5. The monoisotopic (exact) mass is 237 g/mol. The number of primary amides is 2. The fourth-order valence-corrected chi connectivity index (χ4v) is 0.997. The highest BCUT2D eigenvalue weighted by molar-refractivity contribution is 6.07. The van der Waals surface area contributed by atoms with Crippen molar-refractivity contribution < 1.29 is 14.4 Å². The van der Waals surface area contributed by atoms with Crippen molar-refractivity contribution in [3.63, 3.8) is 0 Å². The average molecular weight is 237 g/mol. The molecule has 0 unspecified atom stereocenters. The third-order valence-electron chi connectivity index (χ3n) is 1.86. The quantitative estimate of drug-likeness (QED) is 0.512. The van der Waals surface area contributed by atoms with Crippen LogP contribution in [-0.2, 0) is 9.59 Å². The number of rotatable bonds is 4. The number of carbonyl (C=O) groups excluding carboxylic acids is 3. The third kappa shape index (κ3) is 3.23. The van der Waals surface area contributed by atoms with Crippen LogP contribution in [0, 0.1) is 6.92 Å². The minimum atomic E-state index is -1.56. The summed E-state index contributed by atoms with van der Waals surface area (Å²) in [5.41, 5.74) is 10.4. The smallest absolute Gasteiger partial charge is 0.272 e. The number of aromatic nitrogens is 2. The standard InChI is InChI=1S/C9H11N5O3/c1-4-2-13-5(3-12-4)9(17)14-6(7(10)15)8(11)16/h2-3,6H,1H3,(H2,10,15)(H2,11,16)(H,14,17). The molecule has 0 aliphatic heterocycles. The van der Waals surface area contributed by atoms with Crippen molar-refractivity contribution in [2.24, 2.45) is 11.5 Å². The highest BCUT2D eigenvalue weighted by atomic mass is 16.2. The predicted octanol–water partition coefficient (Wildman–Crippen LogP) is -2.15. The Morgan fingerprint density at radius 3 is 2.18 bits per heavy atom. The largest absolute Gasteiger partial charge is 0.367 e. The van der Waals surface area contributed by atoms with E-state index in [0.29, 0.717) is 5.69 Å². The highest BCUT2D eigenvalue weighted by Crippen LogP contribution is 1.95. The van der Waals surface area contributed by atoms with E-state index in [9.17, 15) is 14.4 Å². The molecule has 90 valence electrons. The zero-order chi connectivity index (χ0) is 13.0. The van der Waals surface area contributed by atoms with Crippen molar-refractivity contribution >= 4 is 17.7 Å². The van der Waals surface area contributed by atoms with Crippen LogP contribution in [0.3, 0.4) is 0 Å². The molecule has 0 aliphatic rings. The number of aryl methyl sites for hydroxylation is 1. The molecule has 17 heavy (non-hydrogen) atoms. The molecule has 1 aromatic rings. The molecule has 0 spiro atoms. The van der Waals surface area contributed by atoms with Crippen molar-refractivity contribution in [1.29, 1.82) is 0 Å². The molecule has 3 amide bonds. The summed E-state index contributed by atoms with van der Waals surface area (Å²) in [7, 11) is 0. The van der Waals surface area contributed by atoms with Gasteiger partial charge in [-0.2, -0.15) is 0 Å². The molecule has 0 aromatic carbocycles. The second-order valence-electron chi connectivity index (χ2n) is 3.25. The molecule has 0 bridgehead atoms. The van der Waals surface area contributed by atoms with E-state index >= 15 is 0 Å². The zero-order valence-electron chi connectivity index (χ0n) is 9.01. The van der Waals surface area contributed by atoms with Gasteiger partial charge >= 0.3 is 0 Å². The minimum absolute atomic E-state index is 0.0388. The molecule has 0 saturated heterocycles. The van der Waals surface area contributed by atoms with Crippen molar-refractivity contribution in [3.8, 4) is 0 Å². The molecule has 0 fully saturated rings. The van der Waals surface area contributed by atoms with Gasteiger partial charge in [0.2, 0.25) is 11.8 Å². The molecule has 1 aromatic heterocycles. The van der Waals surface area contributed by atoms with Crippen LogP contribution >= 0.6 is 0 Å². The van der Waals surface area contributed by atoms with E-state index in [-0.39, 0.29) is 5.69 Å². The van der Waals surface area contributed by atoms with Crippen LogP contribution < -0.4 is 16.8 Å². The van der Waals surface area contributed by atoms with Gasteiger partial charge in [0.25, 0.3) is 5.91 Å². The predicted molar refractivity (Wildman–Crippen MR) is 56.4 cm³/mol. The maximum Gasteiger partial charge on any atom is 0.272 e. The fraction of sp³-hybridized carbons (Fsp3) is 0.222. The summed E-state index contributed by atoms with van der Waals surface area (Å²) in [5, 5.41) is 2.06. The number of nitrogens with two attached hydrogens (primary N) is 2. The Morgan fingerprint density at radius 2 is 1.76 bits per heavy atom. The first kappa shape index (κ1) is 12.6. The van der Waals surface area contributed by atoms with Gasteiger partial charge in [-0.25, -0.2) is 4.98 Å². The van der Waals surface area contributed by atoms with Crippen LogP contribution in [0.2, 0.25) is 0 Å². The Balaban J connectivity index is 2.81. The Labute approximate surface area is 96.4 Å². The lowest BCUT2D eigenvalue weighted by molar-refractivity contribution is -0.128. The van der Waals surface area contributed by atoms with Gasteiger partial charge in [0.05, 0.1) is 11.9 Å². The first-order valence-corrected chi connectivity index (χ1v) is 4.60. The molecule has 0 radical (unpaired) electrons. The molecule has 5 N–H and O–H groups in total. The highest BCUT2D eigenvalue weighted by Gasteiger charge is 2.24. The van der Waals surface area contributed by atoms with Crippen LogP contribution in [0.15, 0.2) is 12.4 Å². The number of carbonyl (C=O) groups is 3. The molecular weight excluding hydrogens is 226 g/mol. The average Bonchev–Trinajstić information content (AvgIpc) is 2.25. The van der Waals surface area contributed by atoms with E-state index in [2.05, 4.69) is 15.3 Å². The summed E-state index contributed by atoms with van der Waals surface area (Å²) < 4.78 is 0. The van der Waals surface area contributed by atoms with Gasteiger partial charge in [0.1, 0.15) is 5.69 Å². The Morgan fingerprint density at radius 1 is 1.18 bits per heavy atom. The summed E-state index contributed by atoms with van der Waals surface area (Å²) in [6, 6.07) is -1.56. The SMILES string of the molecule is Cc1cnc(C(=O)NC(C(N)=O)C(N)=O)cn1. The van der Waals surface area contributed by atoms with Crippen LogP contribution in [0.1, 0.15) is 16.2 Å². The fourth-order valence-electron chi connectivity index (χ4n) is 0.997. The maximum atomic E-state index is 11.5. The van der Waals surface area contributed by atoms with E-state index in [1.807, 2.05) is 0 Å². The lowest BCUT2D eigenvalue weighted by Gasteiger charge is -2.10. The van der Waals surface area contributed by atoms with Gasteiger partial charge < -0.3 is 16.8 Å². The molecule has 1 rings (SSSR count). The van der Waals surface area contributed by atoms with Gasteiger partial charge in [-0.3, -0.25) is 19.4 Å². The van der Waals surface area contributed by atoms with E-state index in [0.717, 1.165) is 0 Å². The van der Waals surface area contributed by atoms with Crippen LogP contribution in [0.5, 0.6) is 0 Å². The van der Waals surface area contributed by atoms with Gasteiger partial charge in [-0.05, 0) is 6.92 Å². The lowest BCUT2D eigenvalue weighted by Crippen LogP contribution is -2.52. The van der Waals surface area contributed by atoms with Crippen molar-refractivity contribution in [2.45, 2.75) is 13.0 Å². The molecule has 0 saturated carbocycles. The first-order valence-electron chi connectivity index (χ1n) is 4.60. The van der Waals surface area contributed by atoms with Crippen LogP contribution in [0.4, 0.5) is 0 Å². The molecule has 0 atom stereocenters.